The fourth-order valence-corrected chi connectivity index (χ4v) is 5.36. The first-order valence-electron chi connectivity index (χ1n) is 13.9. The van der Waals surface area contributed by atoms with Gasteiger partial charge < -0.3 is 18.9 Å². The molecule has 2 heterocycles. The van der Waals surface area contributed by atoms with E-state index in [-0.39, 0.29) is 11.8 Å². The Balaban J connectivity index is 1.25. The van der Waals surface area contributed by atoms with E-state index in [0.717, 1.165) is 71.8 Å². The summed E-state index contributed by atoms with van der Waals surface area (Å²) in [7, 11) is 1.67. The van der Waals surface area contributed by atoms with Crippen molar-refractivity contribution in [3.8, 4) is 11.5 Å². The predicted molar refractivity (Wildman–Crippen MR) is 157 cm³/mol. The standard InChI is InChI=1S/C33H37N3O3/c1-4-10-25-15-18-30(31(21-25)38-3)39-20-9-8-19-35-29-12-7-6-11-28(29)34-33(35)26-22-32(37)36(23-26)27-16-13-24(5-2)14-17-27/h4,6-7,11-18,21,26H,1,5,8-10,19-20,22-23H2,2-3H3. The number of allylic oxidation sites excluding steroid dienone is 1. The first-order chi connectivity index (χ1) is 19.1. The second-order valence-electron chi connectivity index (χ2n) is 10.1. The molecule has 1 aliphatic heterocycles. The number of carbonyl (C=O) groups is 1. The molecule has 5 rings (SSSR count). The number of benzene rings is 3. The number of imidazole rings is 1. The zero-order valence-corrected chi connectivity index (χ0v) is 22.9. The normalized spacial score (nSPS) is 15.2. The number of fused-ring (bicyclic) bond motifs is 1. The maximum Gasteiger partial charge on any atom is 0.227 e. The zero-order valence-electron chi connectivity index (χ0n) is 22.9. The summed E-state index contributed by atoms with van der Waals surface area (Å²) < 4.78 is 13.9. The average Bonchev–Trinajstić information content (AvgIpc) is 3.54. The Morgan fingerprint density at radius 3 is 2.59 bits per heavy atom. The third-order valence-electron chi connectivity index (χ3n) is 7.47. The van der Waals surface area contributed by atoms with E-state index >= 15 is 0 Å². The van der Waals surface area contributed by atoms with Crippen LogP contribution in [0.5, 0.6) is 11.5 Å². The number of ether oxygens (including phenoxy) is 2. The molecule has 0 saturated carbocycles. The molecular formula is C33H37N3O3. The first-order valence-corrected chi connectivity index (χ1v) is 13.9. The number of para-hydroxylation sites is 2. The molecular weight excluding hydrogens is 486 g/mol. The van der Waals surface area contributed by atoms with Gasteiger partial charge in [0.1, 0.15) is 5.82 Å². The van der Waals surface area contributed by atoms with Crippen LogP contribution in [0.15, 0.2) is 79.4 Å². The van der Waals surface area contributed by atoms with E-state index in [1.807, 2.05) is 35.2 Å². The lowest BCUT2D eigenvalue weighted by Gasteiger charge is -2.18. The Morgan fingerprint density at radius 1 is 1.03 bits per heavy atom. The molecule has 39 heavy (non-hydrogen) atoms. The van der Waals surface area contributed by atoms with Crippen molar-refractivity contribution in [2.24, 2.45) is 0 Å². The second kappa shape index (κ2) is 12.2. The number of hydrogen-bond donors (Lipinski definition) is 0. The van der Waals surface area contributed by atoms with Crippen LogP contribution >= 0.6 is 0 Å². The smallest absolute Gasteiger partial charge is 0.227 e. The van der Waals surface area contributed by atoms with E-state index < -0.39 is 0 Å². The summed E-state index contributed by atoms with van der Waals surface area (Å²) in [5.41, 5.74) is 5.48. The fourth-order valence-electron chi connectivity index (χ4n) is 5.36. The van der Waals surface area contributed by atoms with Crippen molar-refractivity contribution in [2.45, 2.75) is 51.5 Å². The highest BCUT2D eigenvalue weighted by Gasteiger charge is 2.34. The summed E-state index contributed by atoms with van der Waals surface area (Å²) in [5, 5.41) is 0. The van der Waals surface area contributed by atoms with Crippen LogP contribution in [0.3, 0.4) is 0 Å². The molecule has 6 nitrogen and oxygen atoms in total. The van der Waals surface area contributed by atoms with Gasteiger partial charge in [-0.25, -0.2) is 4.98 Å². The van der Waals surface area contributed by atoms with Gasteiger partial charge in [-0.15, -0.1) is 6.58 Å². The Hall–Kier alpha value is -4.06. The molecule has 6 heteroatoms. The Bertz CT molecular complexity index is 1440. The van der Waals surface area contributed by atoms with Gasteiger partial charge >= 0.3 is 0 Å². The summed E-state index contributed by atoms with van der Waals surface area (Å²) in [4.78, 5) is 20.0. The van der Waals surface area contributed by atoms with Crippen molar-refractivity contribution in [1.29, 1.82) is 0 Å². The first kappa shape index (κ1) is 26.5. The number of nitrogens with zero attached hydrogens (tertiary/aromatic N) is 3. The van der Waals surface area contributed by atoms with Crippen LogP contribution in [0, 0.1) is 0 Å². The summed E-state index contributed by atoms with van der Waals surface area (Å²) >= 11 is 0. The molecule has 0 N–H and O–H groups in total. The Labute approximate surface area is 230 Å². The van der Waals surface area contributed by atoms with Crippen LogP contribution < -0.4 is 14.4 Å². The summed E-state index contributed by atoms with van der Waals surface area (Å²) in [6, 6.07) is 22.6. The third-order valence-corrected chi connectivity index (χ3v) is 7.47. The van der Waals surface area contributed by atoms with E-state index in [2.05, 4.69) is 60.5 Å². The van der Waals surface area contributed by atoms with Crippen LogP contribution in [0.1, 0.15) is 49.1 Å². The van der Waals surface area contributed by atoms with Crippen LogP contribution in [0.25, 0.3) is 11.0 Å². The van der Waals surface area contributed by atoms with Crippen LogP contribution in [-0.2, 0) is 24.2 Å². The van der Waals surface area contributed by atoms with Gasteiger partial charge in [0.05, 0.1) is 24.8 Å². The topological polar surface area (TPSA) is 56.6 Å². The van der Waals surface area contributed by atoms with Crippen molar-refractivity contribution < 1.29 is 14.3 Å². The molecule has 0 spiro atoms. The maximum absolute atomic E-state index is 13.0. The van der Waals surface area contributed by atoms with Gasteiger partial charge in [0.25, 0.3) is 0 Å². The van der Waals surface area contributed by atoms with E-state index in [9.17, 15) is 4.79 Å². The number of carbonyl (C=O) groups excluding carboxylic acids is 1. The van der Waals surface area contributed by atoms with Gasteiger partial charge in [-0.1, -0.05) is 43.3 Å². The van der Waals surface area contributed by atoms with Crippen LogP contribution in [0.4, 0.5) is 5.69 Å². The lowest BCUT2D eigenvalue weighted by molar-refractivity contribution is -0.117. The van der Waals surface area contributed by atoms with Gasteiger partial charge in [0, 0.05) is 31.1 Å². The van der Waals surface area contributed by atoms with E-state index in [4.69, 9.17) is 14.5 Å². The number of methoxy groups -OCH3 is 1. The van der Waals surface area contributed by atoms with Crippen LogP contribution in [0.2, 0.25) is 0 Å². The molecule has 1 fully saturated rings. The number of hydrogen-bond acceptors (Lipinski definition) is 4. The number of aromatic nitrogens is 2. The predicted octanol–water partition coefficient (Wildman–Crippen LogP) is 6.72. The van der Waals surface area contributed by atoms with Gasteiger partial charge in [-0.3, -0.25) is 4.79 Å². The van der Waals surface area contributed by atoms with Gasteiger partial charge in [-0.2, -0.15) is 0 Å². The minimum Gasteiger partial charge on any atom is -0.493 e. The van der Waals surface area contributed by atoms with Gasteiger partial charge in [0.15, 0.2) is 11.5 Å². The zero-order chi connectivity index (χ0) is 27.2. The highest BCUT2D eigenvalue weighted by atomic mass is 16.5. The molecule has 1 unspecified atom stereocenters. The molecule has 0 bridgehead atoms. The number of anilines is 1. The largest absolute Gasteiger partial charge is 0.493 e. The van der Waals surface area contributed by atoms with E-state index in [0.29, 0.717) is 19.6 Å². The van der Waals surface area contributed by atoms with Crippen molar-refractivity contribution in [3.63, 3.8) is 0 Å². The number of rotatable bonds is 12. The summed E-state index contributed by atoms with van der Waals surface area (Å²) in [6.07, 6.45) is 5.97. The average molecular weight is 524 g/mol. The molecule has 1 aliphatic rings. The summed E-state index contributed by atoms with van der Waals surface area (Å²) in [6.45, 7) is 8.02. The minimum atomic E-state index is 0.0605. The Kier molecular flexibility index (Phi) is 8.30. The van der Waals surface area contributed by atoms with Crippen molar-refractivity contribution in [2.75, 3.05) is 25.2 Å². The number of amides is 1. The fraction of sp³-hybridized carbons (Fsp3) is 0.333. The second-order valence-corrected chi connectivity index (χ2v) is 10.1. The molecule has 1 amide bonds. The highest BCUT2D eigenvalue weighted by molar-refractivity contribution is 5.96. The molecule has 202 valence electrons. The minimum absolute atomic E-state index is 0.0605. The van der Waals surface area contributed by atoms with Gasteiger partial charge in [0.2, 0.25) is 5.91 Å². The van der Waals surface area contributed by atoms with Crippen molar-refractivity contribution in [3.05, 3.63) is 96.3 Å². The number of aryl methyl sites for hydroxylation is 2. The van der Waals surface area contributed by atoms with E-state index in [1.165, 1.54) is 5.56 Å². The molecule has 1 saturated heterocycles. The van der Waals surface area contributed by atoms with E-state index in [1.54, 1.807) is 7.11 Å². The van der Waals surface area contributed by atoms with Gasteiger partial charge in [-0.05, 0) is 73.2 Å². The lowest BCUT2D eigenvalue weighted by atomic mass is 10.1. The molecule has 1 atom stereocenters. The monoisotopic (exact) mass is 523 g/mol. The Morgan fingerprint density at radius 2 is 1.82 bits per heavy atom. The summed E-state index contributed by atoms with van der Waals surface area (Å²) in [5.74, 6) is 2.72. The molecule has 3 aromatic carbocycles. The number of unbranched alkanes of at least 4 members (excludes halogenated alkanes) is 1. The van der Waals surface area contributed by atoms with Crippen molar-refractivity contribution in [1.82, 2.24) is 9.55 Å². The van der Waals surface area contributed by atoms with Crippen LogP contribution in [-0.4, -0.2) is 35.7 Å². The SMILES string of the molecule is C=CCc1ccc(OCCCCn2c(C3CC(=O)N(c4ccc(CC)cc4)C3)nc3ccccc32)c(OC)c1. The lowest BCUT2D eigenvalue weighted by Crippen LogP contribution is -2.24. The molecule has 0 radical (unpaired) electrons. The maximum atomic E-state index is 13.0. The molecule has 0 aliphatic carbocycles. The third kappa shape index (κ3) is 5.85. The quantitative estimate of drug-likeness (QED) is 0.153. The highest BCUT2D eigenvalue weighted by Crippen LogP contribution is 2.34. The van der Waals surface area contributed by atoms with Crippen molar-refractivity contribution >= 4 is 22.6 Å². The molecule has 1 aromatic heterocycles. The molecule has 4 aromatic rings.